The summed E-state index contributed by atoms with van der Waals surface area (Å²) in [7, 11) is 1.95. The number of hydrogen-bond donors (Lipinski definition) is 1. The van der Waals surface area contributed by atoms with Gasteiger partial charge >= 0.3 is 51.4 Å². The zero-order chi connectivity index (χ0) is 7.54. The van der Waals surface area contributed by atoms with Gasteiger partial charge in [0.1, 0.15) is 0 Å². The fourth-order valence-corrected chi connectivity index (χ4v) is 0.302. The number of nitrogens with one attached hydrogen (secondary N) is 1. The first-order valence-electron chi connectivity index (χ1n) is 3.00. The van der Waals surface area contributed by atoms with E-state index in [0.717, 1.165) is 13.0 Å². The summed E-state index contributed by atoms with van der Waals surface area (Å²) in [6.45, 7) is 12.3. The molecule has 0 rings (SSSR count). The van der Waals surface area contributed by atoms with Crippen LogP contribution in [0.25, 0.3) is 0 Å². The second-order valence-electron chi connectivity index (χ2n) is 1.51. The van der Waals surface area contributed by atoms with Gasteiger partial charge in [0, 0.05) is 0 Å². The first kappa shape index (κ1) is 17.3. The van der Waals surface area contributed by atoms with E-state index >= 15 is 0 Å². The molecule has 0 aromatic heterocycles. The van der Waals surface area contributed by atoms with E-state index in [1.807, 2.05) is 12.8 Å². The summed E-state index contributed by atoms with van der Waals surface area (Å²) in [6.07, 6.45) is 2.23. The van der Waals surface area contributed by atoms with Gasteiger partial charge in [-0.05, 0) is 13.6 Å². The molecule has 10 heavy (non-hydrogen) atoms. The van der Waals surface area contributed by atoms with Crippen LogP contribution in [-0.4, -0.2) is 13.6 Å². The molecular formula is C8H15KN-. The van der Waals surface area contributed by atoms with Gasteiger partial charge in [-0.15, -0.1) is 0 Å². The van der Waals surface area contributed by atoms with Crippen molar-refractivity contribution in [2.24, 2.45) is 0 Å². The van der Waals surface area contributed by atoms with Crippen molar-refractivity contribution >= 4 is 0 Å². The summed E-state index contributed by atoms with van der Waals surface area (Å²) in [4.78, 5) is 0. The third-order valence-corrected chi connectivity index (χ3v) is 0.677. The summed E-state index contributed by atoms with van der Waals surface area (Å²) < 4.78 is 0. The molecule has 0 amide bonds. The minimum absolute atomic E-state index is 0. The van der Waals surface area contributed by atoms with Crippen LogP contribution in [0.3, 0.4) is 0 Å². The van der Waals surface area contributed by atoms with Gasteiger partial charge in [-0.1, -0.05) is 6.42 Å². The molecule has 0 saturated heterocycles. The van der Waals surface area contributed by atoms with Crippen molar-refractivity contribution < 1.29 is 51.4 Å². The van der Waals surface area contributed by atoms with Crippen LogP contribution in [0.2, 0.25) is 0 Å². The van der Waals surface area contributed by atoms with Gasteiger partial charge in [0.15, 0.2) is 0 Å². The van der Waals surface area contributed by atoms with E-state index in [1.54, 1.807) is 0 Å². The van der Waals surface area contributed by atoms with Crippen molar-refractivity contribution in [1.29, 1.82) is 0 Å². The SMILES string of the molecule is [CH-]=C=C.[CH2-]CCCNC.[K+]. The van der Waals surface area contributed by atoms with Gasteiger partial charge in [0.25, 0.3) is 0 Å². The third-order valence-electron chi connectivity index (χ3n) is 0.677. The topological polar surface area (TPSA) is 12.0 Å². The van der Waals surface area contributed by atoms with Crippen LogP contribution in [0.15, 0.2) is 12.3 Å². The van der Waals surface area contributed by atoms with Crippen LogP contribution in [-0.2, 0) is 0 Å². The molecule has 2 heteroatoms. The average Bonchev–Trinajstić information content (AvgIpc) is 1.86. The molecule has 0 aliphatic heterocycles. The molecule has 0 radical (unpaired) electrons. The van der Waals surface area contributed by atoms with Crippen LogP contribution >= 0.6 is 0 Å². The standard InChI is InChI=1S/C5H12N.C3H3.K/c1-3-4-5-6-2;1-3-2;/h6H,1,3-5H2,2H3;1H,2H2;/q2*-1;+1. The van der Waals surface area contributed by atoms with Crippen molar-refractivity contribution in [3.05, 3.63) is 25.8 Å². The Bertz CT molecular complexity index is 61.7. The van der Waals surface area contributed by atoms with Crippen LogP contribution < -0.4 is 56.7 Å². The summed E-state index contributed by atoms with van der Waals surface area (Å²) in [5, 5.41) is 3.03. The molecule has 1 N–H and O–H groups in total. The zero-order valence-corrected chi connectivity index (χ0v) is 10.2. The van der Waals surface area contributed by atoms with Gasteiger partial charge in [-0.2, -0.15) is 6.42 Å². The number of hydrogen-bond acceptors (Lipinski definition) is 1. The molecule has 0 saturated carbocycles. The van der Waals surface area contributed by atoms with Crippen molar-refractivity contribution in [2.75, 3.05) is 13.6 Å². The molecule has 0 aliphatic carbocycles. The first-order valence-corrected chi connectivity index (χ1v) is 3.00. The van der Waals surface area contributed by atoms with Gasteiger partial charge in [0.2, 0.25) is 0 Å². The zero-order valence-electron chi connectivity index (χ0n) is 7.11. The Morgan fingerprint density at radius 2 is 2.10 bits per heavy atom. The van der Waals surface area contributed by atoms with E-state index in [1.165, 1.54) is 6.42 Å². The van der Waals surface area contributed by atoms with Gasteiger partial charge in [-0.25, -0.2) is 13.2 Å². The maximum atomic E-state index is 4.49. The Balaban J connectivity index is -0.000000107. The van der Waals surface area contributed by atoms with Crippen molar-refractivity contribution in [3.8, 4) is 0 Å². The second kappa shape index (κ2) is 22.5. The fraction of sp³-hybridized carbons (Fsp3) is 0.500. The molecular weight excluding hydrogens is 149 g/mol. The minimum Gasteiger partial charge on any atom is -0.343 e. The normalized spacial score (nSPS) is 6.20. The molecule has 0 aromatic rings. The predicted molar refractivity (Wildman–Crippen MR) is 42.0 cm³/mol. The molecule has 54 valence electrons. The smallest absolute Gasteiger partial charge is 0.343 e. The van der Waals surface area contributed by atoms with E-state index in [-0.39, 0.29) is 51.4 Å². The fourth-order valence-electron chi connectivity index (χ4n) is 0.302. The summed E-state index contributed by atoms with van der Waals surface area (Å²) in [6, 6.07) is 0. The Labute approximate surface area is 107 Å². The quantitative estimate of drug-likeness (QED) is 0.234. The maximum Gasteiger partial charge on any atom is 1.00 e. The molecule has 0 atom stereocenters. The summed E-state index contributed by atoms with van der Waals surface area (Å²) in [5.74, 6) is 0. The first-order chi connectivity index (χ1) is 4.33. The average molecular weight is 164 g/mol. The van der Waals surface area contributed by atoms with Crippen molar-refractivity contribution in [3.63, 3.8) is 0 Å². The minimum atomic E-state index is 0. The maximum absolute atomic E-state index is 4.49. The van der Waals surface area contributed by atoms with Crippen LogP contribution in [0.4, 0.5) is 0 Å². The van der Waals surface area contributed by atoms with Crippen LogP contribution in [0.5, 0.6) is 0 Å². The van der Waals surface area contributed by atoms with E-state index in [4.69, 9.17) is 0 Å². The van der Waals surface area contributed by atoms with Gasteiger partial charge < -0.3 is 18.0 Å². The monoisotopic (exact) mass is 164 g/mol. The van der Waals surface area contributed by atoms with E-state index in [9.17, 15) is 0 Å². The largest absolute Gasteiger partial charge is 1.00 e. The molecule has 0 spiro atoms. The molecule has 0 bridgehead atoms. The molecule has 0 aromatic carbocycles. The molecule has 0 fully saturated rings. The summed E-state index contributed by atoms with van der Waals surface area (Å²) >= 11 is 0. The van der Waals surface area contributed by atoms with Crippen molar-refractivity contribution in [2.45, 2.75) is 12.8 Å². The van der Waals surface area contributed by atoms with Crippen LogP contribution in [0, 0.1) is 13.5 Å². The molecule has 0 unspecified atom stereocenters. The van der Waals surface area contributed by atoms with E-state index < -0.39 is 0 Å². The van der Waals surface area contributed by atoms with Crippen LogP contribution in [0.1, 0.15) is 12.8 Å². The Hall–Kier alpha value is 1.12. The Morgan fingerprint density at radius 1 is 1.70 bits per heavy atom. The number of unbranched alkanes of at least 4 members (excludes halogenated alkanes) is 1. The molecule has 1 nitrogen and oxygen atoms in total. The van der Waals surface area contributed by atoms with Crippen molar-refractivity contribution in [1.82, 2.24) is 5.32 Å². The third kappa shape index (κ3) is 35.4. The second-order valence-corrected chi connectivity index (χ2v) is 1.51. The van der Waals surface area contributed by atoms with Gasteiger partial charge in [0.05, 0.1) is 0 Å². The number of rotatable bonds is 3. The summed E-state index contributed by atoms with van der Waals surface area (Å²) in [5.41, 5.74) is 2.00. The molecule has 0 aliphatic rings. The molecule has 0 heterocycles. The Kier molecular flexibility index (Phi) is 38.8. The van der Waals surface area contributed by atoms with E-state index in [0.29, 0.717) is 0 Å². The van der Waals surface area contributed by atoms with Gasteiger partial charge in [-0.3, -0.25) is 0 Å². The van der Waals surface area contributed by atoms with E-state index in [2.05, 4.69) is 25.4 Å². The Morgan fingerprint density at radius 3 is 2.20 bits per heavy atom. The predicted octanol–water partition coefficient (Wildman–Crippen LogP) is -1.42.